The number of urea groups is 1. The second-order valence-electron chi connectivity index (χ2n) is 5.48. The molecule has 2 amide bonds. The van der Waals surface area contributed by atoms with E-state index in [1.165, 1.54) is 0 Å². The molecule has 1 aromatic heterocycles. The molecule has 0 saturated carbocycles. The Bertz CT molecular complexity index is 434. The quantitative estimate of drug-likeness (QED) is 0.864. The Balaban J connectivity index is 2.54. The first kappa shape index (κ1) is 16.4. The van der Waals surface area contributed by atoms with Gasteiger partial charge in [-0.05, 0) is 45.1 Å². The molecule has 0 fully saturated rings. The fourth-order valence-corrected chi connectivity index (χ4v) is 2.05. The molecular weight excluding hydrogens is 252 g/mol. The van der Waals surface area contributed by atoms with E-state index < -0.39 is 0 Å². The molecule has 1 N–H and O–H groups in total. The van der Waals surface area contributed by atoms with Crippen molar-refractivity contribution in [1.82, 2.24) is 20.1 Å². The summed E-state index contributed by atoms with van der Waals surface area (Å²) in [7, 11) is 5.84. The Morgan fingerprint density at radius 2 is 2.10 bits per heavy atom. The van der Waals surface area contributed by atoms with Crippen LogP contribution >= 0.6 is 0 Å². The number of pyridine rings is 1. The van der Waals surface area contributed by atoms with Crippen LogP contribution in [0.5, 0.6) is 0 Å². The van der Waals surface area contributed by atoms with E-state index in [9.17, 15) is 4.79 Å². The zero-order valence-electron chi connectivity index (χ0n) is 13.2. The third-order valence-corrected chi connectivity index (χ3v) is 3.13. The number of aryl methyl sites for hydroxylation is 1. The monoisotopic (exact) mass is 278 g/mol. The number of nitrogens with one attached hydrogen (secondary N) is 1. The van der Waals surface area contributed by atoms with E-state index in [-0.39, 0.29) is 12.1 Å². The van der Waals surface area contributed by atoms with Gasteiger partial charge in [0.15, 0.2) is 0 Å². The molecule has 0 aliphatic heterocycles. The third kappa shape index (κ3) is 5.57. The van der Waals surface area contributed by atoms with Gasteiger partial charge in [0.1, 0.15) is 0 Å². The van der Waals surface area contributed by atoms with E-state index in [4.69, 9.17) is 0 Å². The van der Waals surface area contributed by atoms with Crippen molar-refractivity contribution in [2.24, 2.45) is 0 Å². The van der Waals surface area contributed by atoms with Gasteiger partial charge < -0.3 is 15.1 Å². The highest BCUT2D eigenvalue weighted by Gasteiger charge is 2.14. The van der Waals surface area contributed by atoms with E-state index in [1.54, 1.807) is 11.1 Å². The van der Waals surface area contributed by atoms with Gasteiger partial charge in [-0.3, -0.25) is 4.98 Å². The number of carbonyl (C=O) groups is 1. The number of likely N-dealkylation sites (N-methyl/N-ethyl adjacent to an activating group) is 1. The molecule has 1 heterocycles. The summed E-state index contributed by atoms with van der Waals surface area (Å²) in [6.07, 6.45) is 2.70. The number of hydrogen-bond donors (Lipinski definition) is 1. The van der Waals surface area contributed by atoms with Gasteiger partial charge in [0.2, 0.25) is 0 Å². The lowest BCUT2D eigenvalue weighted by Crippen LogP contribution is -2.46. The van der Waals surface area contributed by atoms with Crippen molar-refractivity contribution in [1.29, 1.82) is 0 Å². The molecule has 5 heteroatoms. The summed E-state index contributed by atoms with van der Waals surface area (Å²) >= 11 is 0. The molecule has 0 aliphatic rings. The molecule has 0 aromatic carbocycles. The van der Waals surface area contributed by atoms with E-state index in [0.29, 0.717) is 6.54 Å². The van der Waals surface area contributed by atoms with E-state index in [2.05, 4.69) is 22.1 Å². The maximum absolute atomic E-state index is 12.2. The Labute approximate surface area is 122 Å². The molecule has 1 atom stereocenters. The summed E-state index contributed by atoms with van der Waals surface area (Å²) in [5, 5.41) is 3.06. The van der Waals surface area contributed by atoms with Crippen LogP contribution in [0.15, 0.2) is 18.3 Å². The number of aromatic nitrogens is 1. The summed E-state index contributed by atoms with van der Waals surface area (Å²) in [6, 6.07) is 4.08. The molecule has 1 aromatic rings. The standard InChI is InChI=1S/C15H26N4O/c1-6-14(11-18(3)4)17-15(20)19(5)10-13-7-8-16-12(2)9-13/h7-9,14H,6,10-11H2,1-5H3,(H,17,20)/t14-/m1/s1. The topological polar surface area (TPSA) is 48.5 Å². The molecule has 5 nitrogen and oxygen atoms in total. The van der Waals surface area contributed by atoms with Crippen LogP contribution in [0.2, 0.25) is 0 Å². The van der Waals surface area contributed by atoms with Crippen LogP contribution < -0.4 is 5.32 Å². The Hall–Kier alpha value is -1.62. The molecule has 0 saturated heterocycles. The van der Waals surface area contributed by atoms with Crippen LogP contribution in [-0.4, -0.2) is 54.5 Å². The van der Waals surface area contributed by atoms with Crippen molar-refractivity contribution in [3.05, 3.63) is 29.6 Å². The van der Waals surface area contributed by atoms with Crippen molar-refractivity contribution >= 4 is 6.03 Å². The Morgan fingerprint density at radius 3 is 2.65 bits per heavy atom. The maximum Gasteiger partial charge on any atom is 0.317 e. The lowest BCUT2D eigenvalue weighted by molar-refractivity contribution is 0.198. The number of rotatable bonds is 6. The summed E-state index contributed by atoms with van der Waals surface area (Å²) in [5.74, 6) is 0. The van der Waals surface area contributed by atoms with Crippen LogP contribution in [0, 0.1) is 6.92 Å². The SMILES string of the molecule is CC[C@H](CN(C)C)NC(=O)N(C)Cc1ccnc(C)c1. The lowest BCUT2D eigenvalue weighted by Gasteiger charge is -2.25. The van der Waals surface area contributed by atoms with Crippen LogP contribution in [0.25, 0.3) is 0 Å². The molecule has 20 heavy (non-hydrogen) atoms. The highest BCUT2D eigenvalue weighted by molar-refractivity contribution is 5.74. The fraction of sp³-hybridized carbons (Fsp3) is 0.600. The molecule has 0 spiro atoms. The van der Waals surface area contributed by atoms with Crippen LogP contribution in [0.4, 0.5) is 4.79 Å². The van der Waals surface area contributed by atoms with Crippen LogP contribution in [0.1, 0.15) is 24.6 Å². The van der Waals surface area contributed by atoms with Crippen molar-refractivity contribution in [2.45, 2.75) is 32.9 Å². The van der Waals surface area contributed by atoms with Gasteiger partial charge in [-0.15, -0.1) is 0 Å². The summed E-state index contributed by atoms with van der Waals surface area (Å²) < 4.78 is 0. The predicted octanol–water partition coefficient (Wildman–Crippen LogP) is 1.87. The van der Waals surface area contributed by atoms with Crippen molar-refractivity contribution in [2.75, 3.05) is 27.7 Å². The van der Waals surface area contributed by atoms with Gasteiger partial charge in [-0.1, -0.05) is 6.92 Å². The van der Waals surface area contributed by atoms with Gasteiger partial charge in [0, 0.05) is 38.1 Å². The first-order valence-corrected chi connectivity index (χ1v) is 7.00. The number of hydrogen-bond acceptors (Lipinski definition) is 3. The molecule has 0 aliphatic carbocycles. The molecule has 1 rings (SSSR count). The first-order chi connectivity index (χ1) is 9.42. The Kier molecular flexibility index (Phi) is 6.45. The Morgan fingerprint density at radius 1 is 1.40 bits per heavy atom. The molecular formula is C15H26N4O. The van der Waals surface area contributed by atoms with Gasteiger partial charge in [0.05, 0.1) is 0 Å². The van der Waals surface area contributed by atoms with Crippen molar-refractivity contribution in [3.63, 3.8) is 0 Å². The minimum Gasteiger partial charge on any atom is -0.334 e. The number of amides is 2. The third-order valence-electron chi connectivity index (χ3n) is 3.13. The smallest absolute Gasteiger partial charge is 0.317 e. The highest BCUT2D eigenvalue weighted by Crippen LogP contribution is 2.05. The fourth-order valence-electron chi connectivity index (χ4n) is 2.05. The summed E-state index contributed by atoms with van der Waals surface area (Å²) in [5.41, 5.74) is 2.06. The molecule has 0 radical (unpaired) electrons. The zero-order chi connectivity index (χ0) is 15.1. The highest BCUT2D eigenvalue weighted by atomic mass is 16.2. The number of carbonyl (C=O) groups excluding carboxylic acids is 1. The maximum atomic E-state index is 12.2. The van der Waals surface area contributed by atoms with Crippen LogP contribution in [-0.2, 0) is 6.54 Å². The second kappa shape index (κ2) is 7.85. The lowest BCUT2D eigenvalue weighted by atomic mass is 10.2. The van der Waals surface area contributed by atoms with Crippen molar-refractivity contribution < 1.29 is 4.79 Å². The average molecular weight is 278 g/mol. The van der Waals surface area contributed by atoms with Gasteiger partial charge in [0.25, 0.3) is 0 Å². The number of nitrogens with zero attached hydrogens (tertiary/aromatic N) is 3. The van der Waals surface area contributed by atoms with Crippen LogP contribution in [0.3, 0.4) is 0 Å². The largest absolute Gasteiger partial charge is 0.334 e. The normalized spacial score (nSPS) is 12.3. The zero-order valence-corrected chi connectivity index (χ0v) is 13.2. The van der Waals surface area contributed by atoms with E-state index >= 15 is 0 Å². The van der Waals surface area contributed by atoms with Crippen molar-refractivity contribution in [3.8, 4) is 0 Å². The van der Waals surface area contributed by atoms with Gasteiger partial charge in [-0.2, -0.15) is 0 Å². The average Bonchev–Trinajstić information content (AvgIpc) is 2.37. The van der Waals surface area contributed by atoms with Gasteiger partial charge in [-0.25, -0.2) is 4.79 Å². The first-order valence-electron chi connectivity index (χ1n) is 7.00. The van der Waals surface area contributed by atoms with E-state index in [0.717, 1.165) is 24.2 Å². The molecule has 0 unspecified atom stereocenters. The second-order valence-corrected chi connectivity index (χ2v) is 5.48. The van der Waals surface area contributed by atoms with E-state index in [1.807, 2.05) is 40.2 Å². The summed E-state index contributed by atoms with van der Waals surface area (Å²) in [6.45, 7) is 5.48. The predicted molar refractivity (Wildman–Crippen MR) is 81.6 cm³/mol. The minimum atomic E-state index is -0.0341. The summed E-state index contributed by atoms with van der Waals surface area (Å²) in [4.78, 5) is 20.1. The molecule has 0 bridgehead atoms. The van der Waals surface area contributed by atoms with Gasteiger partial charge >= 0.3 is 6.03 Å². The minimum absolute atomic E-state index is 0.0341. The molecule has 112 valence electrons.